The van der Waals surface area contributed by atoms with E-state index < -0.39 is 0 Å². The van der Waals surface area contributed by atoms with Crippen LogP contribution in [0.3, 0.4) is 0 Å². The lowest BCUT2D eigenvalue weighted by atomic mass is 10.5. The highest BCUT2D eigenvalue weighted by Gasteiger charge is 2.08. The number of nitrogens with two attached hydrogens (primary N) is 1. The van der Waals surface area contributed by atoms with E-state index >= 15 is 0 Å². The largest absolute Gasteiger partial charge is 0.368 e. The molecule has 0 fully saturated rings. The maximum absolute atomic E-state index is 5.93. The number of hydrogen-bond donors (Lipinski definition) is 1. The minimum Gasteiger partial charge on any atom is -0.368 e. The molecule has 0 aliphatic carbocycles. The molecular formula is C8H5Cl2N5S. The number of halogens is 2. The molecule has 82 valence electrons. The summed E-state index contributed by atoms with van der Waals surface area (Å²) in [7, 11) is 0. The van der Waals surface area contributed by atoms with Gasteiger partial charge in [-0.3, -0.25) is 0 Å². The topological polar surface area (TPSA) is 77.6 Å². The lowest BCUT2D eigenvalue weighted by Crippen LogP contribution is -1.99. The first-order valence-corrected chi connectivity index (χ1v) is 5.68. The molecule has 8 heteroatoms. The number of nitrogen functional groups attached to an aromatic ring is 1. The van der Waals surface area contributed by atoms with Crippen molar-refractivity contribution in [2.24, 2.45) is 0 Å². The Morgan fingerprint density at radius 3 is 2.69 bits per heavy atom. The van der Waals surface area contributed by atoms with E-state index in [1.54, 1.807) is 18.3 Å². The van der Waals surface area contributed by atoms with Gasteiger partial charge in [0.15, 0.2) is 5.16 Å². The maximum atomic E-state index is 5.93. The van der Waals surface area contributed by atoms with Crippen molar-refractivity contribution < 1.29 is 0 Å². The number of anilines is 1. The summed E-state index contributed by atoms with van der Waals surface area (Å²) < 4.78 is 0. The molecule has 0 unspecified atom stereocenters. The Hall–Kier alpha value is -1.11. The molecule has 2 heterocycles. The third kappa shape index (κ3) is 2.72. The number of aromatic nitrogens is 4. The Labute approximate surface area is 105 Å². The fourth-order valence-corrected chi connectivity index (χ4v) is 2.10. The van der Waals surface area contributed by atoms with E-state index in [-0.39, 0.29) is 11.2 Å². The van der Waals surface area contributed by atoms with E-state index in [2.05, 4.69) is 19.9 Å². The van der Waals surface area contributed by atoms with Crippen molar-refractivity contribution in [3.63, 3.8) is 0 Å². The molecule has 2 rings (SSSR count). The summed E-state index contributed by atoms with van der Waals surface area (Å²) in [4.78, 5) is 15.5. The van der Waals surface area contributed by atoms with Crippen LogP contribution in [-0.2, 0) is 0 Å². The standard InChI is InChI=1S/C8H5Cl2N5S/c9-4-2-1-3-12-5(4)16-8-14-6(10)13-7(11)15-8/h1-3H,(H2,11,13,14,15). The molecule has 2 aromatic rings. The van der Waals surface area contributed by atoms with E-state index in [1.165, 1.54) is 11.8 Å². The number of rotatable bonds is 2. The highest BCUT2D eigenvalue weighted by Crippen LogP contribution is 2.29. The molecule has 0 bridgehead atoms. The molecule has 0 saturated heterocycles. The van der Waals surface area contributed by atoms with Crippen LogP contribution < -0.4 is 5.73 Å². The van der Waals surface area contributed by atoms with Gasteiger partial charge in [-0.2, -0.15) is 15.0 Å². The minimum atomic E-state index is 0.0436. The molecule has 0 amide bonds. The van der Waals surface area contributed by atoms with Gasteiger partial charge in [-0.1, -0.05) is 11.6 Å². The van der Waals surface area contributed by atoms with Crippen LogP contribution in [-0.4, -0.2) is 19.9 Å². The zero-order chi connectivity index (χ0) is 11.5. The molecule has 0 aromatic carbocycles. The highest BCUT2D eigenvalue weighted by molar-refractivity contribution is 7.99. The van der Waals surface area contributed by atoms with Gasteiger partial charge in [0, 0.05) is 6.20 Å². The second-order valence-corrected chi connectivity index (χ2v) is 4.34. The van der Waals surface area contributed by atoms with E-state index in [0.717, 1.165) is 0 Å². The zero-order valence-corrected chi connectivity index (χ0v) is 10.1. The Kier molecular flexibility index (Phi) is 3.42. The van der Waals surface area contributed by atoms with Gasteiger partial charge in [-0.05, 0) is 35.5 Å². The van der Waals surface area contributed by atoms with Crippen molar-refractivity contribution in [2.75, 3.05) is 5.73 Å². The first-order chi connectivity index (χ1) is 7.65. The fraction of sp³-hybridized carbons (Fsp3) is 0. The summed E-state index contributed by atoms with van der Waals surface area (Å²) in [6.07, 6.45) is 1.63. The molecule has 0 spiro atoms. The van der Waals surface area contributed by atoms with Gasteiger partial charge in [0.1, 0.15) is 5.03 Å². The van der Waals surface area contributed by atoms with Gasteiger partial charge in [0.2, 0.25) is 11.2 Å². The molecule has 2 N–H and O–H groups in total. The van der Waals surface area contributed by atoms with Crippen LogP contribution in [0.15, 0.2) is 28.5 Å². The number of hydrogen-bond acceptors (Lipinski definition) is 6. The molecule has 0 atom stereocenters. The van der Waals surface area contributed by atoms with Gasteiger partial charge in [-0.15, -0.1) is 0 Å². The van der Waals surface area contributed by atoms with Gasteiger partial charge >= 0.3 is 0 Å². The van der Waals surface area contributed by atoms with Crippen LogP contribution >= 0.6 is 35.0 Å². The van der Waals surface area contributed by atoms with Crippen LogP contribution in [0.1, 0.15) is 0 Å². The monoisotopic (exact) mass is 273 g/mol. The normalized spacial score (nSPS) is 10.4. The molecule has 0 radical (unpaired) electrons. The van der Waals surface area contributed by atoms with E-state index in [4.69, 9.17) is 28.9 Å². The van der Waals surface area contributed by atoms with Gasteiger partial charge in [0.05, 0.1) is 5.02 Å². The van der Waals surface area contributed by atoms with Gasteiger partial charge in [-0.25, -0.2) is 4.98 Å². The third-order valence-corrected chi connectivity index (χ3v) is 2.99. The maximum Gasteiger partial charge on any atom is 0.228 e. The number of pyridine rings is 1. The van der Waals surface area contributed by atoms with Crippen molar-refractivity contribution in [3.05, 3.63) is 28.6 Å². The van der Waals surface area contributed by atoms with Crippen molar-refractivity contribution in [3.8, 4) is 0 Å². The molecular weight excluding hydrogens is 269 g/mol. The summed E-state index contributed by atoms with van der Waals surface area (Å²) in [5.41, 5.74) is 5.44. The number of nitrogens with zero attached hydrogens (tertiary/aromatic N) is 4. The average molecular weight is 274 g/mol. The summed E-state index contributed by atoms with van der Waals surface area (Å²) in [5.74, 6) is 0.0644. The third-order valence-electron chi connectivity index (χ3n) is 1.52. The highest BCUT2D eigenvalue weighted by atomic mass is 35.5. The average Bonchev–Trinajstić information content (AvgIpc) is 2.20. The summed E-state index contributed by atoms with van der Waals surface area (Å²) in [6, 6.07) is 3.46. The second-order valence-electron chi connectivity index (χ2n) is 2.64. The Balaban J connectivity index is 2.30. The smallest absolute Gasteiger partial charge is 0.228 e. The van der Waals surface area contributed by atoms with Crippen LogP contribution in [0, 0.1) is 0 Å². The zero-order valence-electron chi connectivity index (χ0n) is 7.76. The summed E-state index contributed by atoms with van der Waals surface area (Å²) in [5, 5.41) is 1.51. The molecule has 0 saturated carbocycles. The molecule has 5 nitrogen and oxygen atoms in total. The predicted octanol–water partition coefficient (Wildman–Crippen LogP) is 2.31. The van der Waals surface area contributed by atoms with Crippen LogP contribution in [0.4, 0.5) is 5.95 Å². The Bertz CT molecular complexity index is 501. The van der Waals surface area contributed by atoms with Crippen molar-refractivity contribution in [2.45, 2.75) is 10.2 Å². The first-order valence-electron chi connectivity index (χ1n) is 4.10. The summed E-state index contributed by atoms with van der Waals surface area (Å²) >= 11 is 12.8. The van der Waals surface area contributed by atoms with E-state index in [0.29, 0.717) is 15.2 Å². The van der Waals surface area contributed by atoms with Crippen LogP contribution in [0.5, 0.6) is 0 Å². The first kappa shape index (κ1) is 11.4. The quantitative estimate of drug-likeness (QED) is 0.905. The van der Waals surface area contributed by atoms with Crippen molar-refractivity contribution in [1.82, 2.24) is 19.9 Å². The van der Waals surface area contributed by atoms with Crippen LogP contribution in [0.25, 0.3) is 0 Å². The van der Waals surface area contributed by atoms with Crippen molar-refractivity contribution in [1.29, 1.82) is 0 Å². The SMILES string of the molecule is Nc1nc(Cl)nc(Sc2ncccc2Cl)n1. The molecule has 16 heavy (non-hydrogen) atoms. The fourth-order valence-electron chi connectivity index (χ4n) is 0.925. The Morgan fingerprint density at radius 1 is 1.19 bits per heavy atom. The predicted molar refractivity (Wildman–Crippen MR) is 62.6 cm³/mol. The van der Waals surface area contributed by atoms with Crippen molar-refractivity contribution >= 4 is 40.9 Å². The lowest BCUT2D eigenvalue weighted by molar-refractivity contribution is 0.913. The second kappa shape index (κ2) is 4.82. The molecule has 0 aliphatic heterocycles. The molecule has 2 aromatic heterocycles. The lowest BCUT2D eigenvalue weighted by Gasteiger charge is -2.01. The minimum absolute atomic E-state index is 0.0436. The van der Waals surface area contributed by atoms with Gasteiger partial charge in [0.25, 0.3) is 0 Å². The van der Waals surface area contributed by atoms with Crippen LogP contribution in [0.2, 0.25) is 10.3 Å². The van der Waals surface area contributed by atoms with Gasteiger partial charge < -0.3 is 5.73 Å². The Morgan fingerprint density at radius 2 is 2.00 bits per heavy atom. The summed E-state index contributed by atoms with van der Waals surface area (Å²) in [6.45, 7) is 0. The van der Waals surface area contributed by atoms with E-state index in [9.17, 15) is 0 Å². The molecule has 0 aliphatic rings. The van der Waals surface area contributed by atoms with E-state index in [1.807, 2.05) is 0 Å².